The van der Waals surface area contributed by atoms with E-state index in [-0.39, 0.29) is 6.10 Å². The van der Waals surface area contributed by atoms with Crippen LogP contribution in [0.5, 0.6) is 0 Å². The van der Waals surface area contributed by atoms with E-state index < -0.39 is 0 Å². The number of aliphatic hydroxyl groups is 1. The van der Waals surface area contributed by atoms with Crippen LogP contribution in [0.3, 0.4) is 0 Å². The minimum absolute atomic E-state index is 0.210. The van der Waals surface area contributed by atoms with Crippen LogP contribution >= 0.6 is 0 Å². The van der Waals surface area contributed by atoms with E-state index in [1.807, 2.05) is 0 Å². The third kappa shape index (κ3) is 4.81. The summed E-state index contributed by atoms with van der Waals surface area (Å²) in [5.41, 5.74) is 0. The van der Waals surface area contributed by atoms with Crippen molar-refractivity contribution in [1.82, 2.24) is 5.32 Å². The molecule has 0 aliphatic carbocycles. The van der Waals surface area contributed by atoms with Gasteiger partial charge in [-0.3, -0.25) is 0 Å². The first-order valence-corrected chi connectivity index (χ1v) is 6.78. The predicted octanol–water partition coefficient (Wildman–Crippen LogP) is 1.94. The second-order valence-corrected chi connectivity index (χ2v) is 4.79. The topological polar surface area (TPSA) is 41.5 Å². The normalized spacial score (nSPS) is 23.6. The standard InChI is InChI=1S/C13H27NO2/c1-3-11(4-2)13(15)10-14-9-12-7-5-6-8-16-12/h11-15H,3-10H2,1-2H3. The molecule has 0 saturated carbocycles. The van der Waals surface area contributed by atoms with Crippen LogP contribution in [-0.2, 0) is 4.74 Å². The fraction of sp³-hybridized carbons (Fsp3) is 1.00. The molecule has 1 rings (SSSR count). The molecule has 1 heterocycles. The van der Waals surface area contributed by atoms with Crippen LogP contribution in [0.4, 0.5) is 0 Å². The molecule has 2 unspecified atom stereocenters. The van der Waals surface area contributed by atoms with Gasteiger partial charge < -0.3 is 15.2 Å². The quantitative estimate of drug-likeness (QED) is 0.701. The molecule has 3 nitrogen and oxygen atoms in total. The third-order valence-corrected chi connectivity index (χ3v) is 3.59. The molecule has 2 N–H and O–H groups in total. The highest BCUT2D eigenvalue weighted by molar-refractivity contribution is 4.71. The lowest BCUT2D eigenvalue weighted by Crippen LogP contribution is -2.38. The van der Waals surface area contributed by atoms with Gasteiger partial charge in [0.1, 0.15) is 0 Å². The van der Waals surface area contributed by atoms with Crippen molar-refractivity contribution in [2.24, 2.45) is 5.92 Å². The Kier molecular flexibility index (Phi) is 7.01. The highest BCUT2D eigenvalue weighted by Gasteiger charge is 2.17. The summed E-state index contributed by atoms with van der Waals surface area (Å²) in [4.78, 5) is 0. The fourth-order valence-corrected chi connectivity index (χ4v) is 2.36. The van der Waals surface area contributed by atoms with E-state index in [9.17, 15) is 5.11 Å². The molecule has 0 amide bonds. The van der Waals surface area contributed by atoms with Gasteiger partial charge in [-0.2, -0.15) is 0 Å². The van der Waals surface area contributed by atoms with Crippen molar-refractivity contribution < 1.29 is 9.84 Å². The third-order valence-electron chi connectivity index (χ3n) is 3.59. The molecule has 1 fully saturated rings. The van der Waals surface area contributed by atoms with Gasteiger partial charge in [-0.1, -0.05) is 26.7 Å². The maximum atomic E-state index is 9.94. The molecule has 2 atom stereocenters. The summed E-state index contributed by atoms with van der Waals surface area (Å²) in [6.07, 6.45) is 5.90. The van der Waals surface area contributed by atoms with E-state index in [0.717, 1.165) is 32.4 Å². The molecule has 0 aromatic carbocycles. The number of hydrogen-bond donors (Lipinski definition) is 2. The number of hydrogen-bond acceptors (Lipinski definition) is 3. The number of nitrogens with one attached hydrogen (secondary N) is 1. The van der Waals surface area contributed by atoms with Crippen molar-refractivity contribution in [3.63, 3.8) is 0 Å². The van der Waals surface area contributed by atoms with Gasteiger partial charge in [0.2, 0.25) is 0 Å². The number of rotatable bonds is 7. The Morgan fingerprint density at radius 3 is 2.62 bits per heavy atom. The van der Waals surface area contributed by atoms with Gasteiger partial charge in [-0.05, 0) is 25.2 Å². The van der Waals surface area contributed by atoms with E-state index in [1.54, 1.807) is 0 Å². The molecule has 0 bridgehead atoms. The zero-order chi connectivity index (χ0) is 11.8. The molecule has 1 aliphatic rings. The van der Waals surface area contributed by atoms with E-state index in [0.29, 0.717) is 18.6 Å². The monoisotopic (exact) mass is 229 g/mol. The predicted molar refractivity (Wildman–Crippen MR) is 66.5 cm³/mol. The van der Waals surface area contributed by atoms with E-state index in [1.165, 1.54) is 12.8 Å². The molecule has 0 spiro atoms. The highest BCUT2D eigenvalue weighted by Crippen LogP contribution is 2.13. The van der Waals surface area contributed by atoms with Crippen LogP contribution in [0.1, 0.15) is 46.0 Å². The van der Waals surface area contributed by atoms with Crippen LogP contribution in [0.15, 0.2) is 0 Å². The van der Waals surface area contributed by atoms with Gasteiger partial charge in [0.25, 0.3) is 0 Å². The summed E-state index contributed by atoms with van der Waals surface area (Å²) in [6.45, 7) is 6.77. The molecule has 0 radical (unpaired) electrons. The molecule has 1 aliphatic heterocycles. The van der Waals surface area contributed by atoms with E-state index in [2.05, 4.69) is 19.2 Å². The van der Waals surface area contributed by atoms with E-state index >= 15 is 0 Å². The smallest absolute Gasteiger partial charge is 0.0699 e. The molecule has 16 heavy (non-hydrogen) atoms. The maximum absolute atomic E-state index is 9.94. The molecular formula is C13H27NO2. The fourth-order valence-electron chi connectivity index (χ4n) is 2.36. The Bertz CT molecular complexity index is 165. The summed E-state index contributed by atoms with van der Waals surface area (Å²) in [6, 6.07) is 0. The lowest BCUT2D eigenvalue weighted by atomic mass is 9.96. The van der Waals surface area contributed by atoms with Crippen LogP contribution in [0.2, 0.25) is 0 Å². The summed E-state index contributed by atoms with van der Waals surface area (Å²) >= 11 is 0. The molecule has 1 saturated heterocycles. The largest absolute Gasteiger partial charge is 0.392 e. The lowest BCUT2D eigenvalue weighted by Gasteiger charge is -2.25. The Morgan fingerprint density at radius 2 is 2.06 bits per heavy atom. The van der Waals surface area contributed by atoms with Gasteiger partial charge in [-0.25, -0.2) is 0 Å². The zero-order valence-corrected chi connectivity index (χ0v) is 10.7. The second kappa shape index (κ2) is 8.04. The van der Waals surface area contributed by atoms with Crippen LogP contribution in [0, 0.1) is 5.92 Å². The van der Waals surface area contributed by atoms with E-state index in [4.69, 9.17) is 4.74 Å². The summed E-state index contributed by atoms with van der Waals surface area (Å²) in [7, 11) is 0. The van der Waals surface area contributed by atoms with Crippen molar-refractivity contribution in [3.05, 3.63) is 0 Å². The SMILES string of the molecule is CCC(CC)C(O)CNCC1CCCCO1. The van der Waals surface area contributed by atoms with Gasteiger partial charge in [0.05, 0.1) is 12.2 Å². The first-order valence-electron chi connectivity index (χ1n) is 6.78. The Labute approximate surface area is 99.6 Å². The number of ether oxygens (including phenoxy) is 1. The molecular weight excluding hydrogens is 202 g/mol. The Balaban J connectivity index is 2.09. The van der Waals surface area contributed by atoms with Crippen LogP contribution < -0.4 is 5.32 Å². The van der Waals surface area contributed by atoms with Crippen LogP contribution in [-0.4, -0.2) is 37.0 Å². The lowest BCUT2D eigenvalue weighted by molar-refractivity contribution is 0.0135. The zero-order valence-electron chi connectivity index (χ0n) is 10.7. The van der Waals surface area contributed by atoms with Crippen molar-refractivity contribution in [2.45, 2.75) is 58.2 Å². The summed E-state index contributed by atoms with van der Waals surface area (Å²) in [5.74, 6) is 0.430. The second-order valence-electron chi connectivity index (χ2n) is 4.79. The van der Waals surface area contributed by atoms with Crippen molar-refractivity contribution in [2.75, 3.05) is 19.7 Å². The molecule has 0 aromatic rings. The van der Waals surface area contributed by atoms with Crippen molar-refractivity contribution in [3.8, 4) is 0 Å². The Hall–Kier alpha value is -0.120. The molecule has 0 aromatic heterocycles. The van der Waals surface area contributed by atoms with Gasteiger partial charge >= 0.3 is 0 Å². The minimum Gasteiger partial charge on any atom is -0.392 e. The first-order chi connectivity index (χ1) is 7.77. The van der Waals surface area contributed by atoms with Gasteiger partial charge in [0, 0.05) is 19.7 Å². The van der Waals surface area contributed by atoms with Gasteiger partial charge in [-0.15, -0.1) is 0 Å². The highest BCUT2D eigenvalue weighted by atomic mass is 16.5. The molecule has 96 valence electrons. The minimum atomic E-state index is -0.210. The first kappa shape index (κ1) is 13.9. The summed E-state index contributed by atoms with van der Waals surface area (Å²) in [5, 5.41) is 13.3. The average Bonchev–Trinajstić information content (AvgIpc) is 2.32. The molecule has 3 heteroatoms. The Morgan fingerprint density at radius 1 is 1.31 bits per heavy atom. The van der Waals surface area contributed by atoms with Gasteiger partial charge in [0.15, 0.2) is 0 Å². The van der Waals surface area contributed by atoms with Crippen molar-refractivity contribution in [1.29, 1.82) is 0 Å². The average molecular weight is 229 g/mol. The van der Waals surface area contributed by atoms with Crippen molar-refractivity contribution >= 4 is 0 Å². The van der Waals surface area contributed by atoms with Crippen LogP contribution in [0.25, 0.3) is 0 Å². The summed E-state index contributed by atoms with van der Waals surface area (Å²) < 4.78 is 5.63. The maximum Gasteiger partial charge on any atom is 0.0699 e. The number of aliphatic hydroxyl groups excluding tert-OH is 1.